The largest absolute Gasteiger partial charge is 0.507 e. The van der Waals surface area contributed by atoms with Crippen molar-refractivity contribution in [2.45, 2.75) is 0 Å². The van der Waals surface area contributed by atoms with Crippen molar-refractivity contribution < 1.29 is 5.11 Å². The van der Waals surface area contributed by atoms with Crippen LogP contribution in [0.25, 0.3) is 22.6 Å². The highest BCUT2D eigenvalue weighted by molar-refractivity contribution is 9.10. The number of benzene rings is 1. The van der Waals surface area contributed by atoms with Gasteiger partial charge >= 0.3 is 5.69 Å². The second-order valence-electron chi connectivity index (χ2n) is 3.88. The monoisotopic (exact) mass is 322 g/mol. The third-order valence-electron chi connectivity index (χ3n) is 2.61. The van der Waals surface area contributed by atoms with Gasteiger partial charge in [0.15, 0.2) is 5.65 Å². The molecule has 96 valence electrons. The number of rotatable bonds is 1. The molecule has 0 spiro atoms. The van der Waals surface area contributed by atoms with Gasteiger partial charge in [0, 0.05) is 5.56 Å². The van der Waals surface area contributed by atoms with Crippen LogP contribution in [0.3, 0.4) is 0 Å². The standard InChI is InChI=1S/C11H7BrN4O3/c12-5-2-1-4(3-6(5)17)8-13-7-9(14-8)15-11(19)16-10(7)18/h1-3,17H,(H3,13,14,15,16,18,19). The summed E-state index contributed by atoms with van der Waals surface area (Å²) in [5, 5.41) is 9.62. The first-order valence-corrected chi connectivity index (χ1v) is 6.05. The quantitative estimate of drug-likeness (QED) is 0.536. The predicted octanol–water partition coefficient (Wildman–Crippen LogP) is 1.07. The van der Waals surface area contributed by atoms with E-state index in [1.165, 1.54) is 6.07 Å². The molecule has 8 heteroatoms. The maximum absolute atomic E-state index is 11.6. The summed E-state index contributed by atoms with van der Waals surface area (Å²) in [5.41, 5.74) is -0.214. The normalized spacial score (nSPS) is 11.0. The molecule has 0 fully saturated rings. The minimum Gasteiger partial charge on any atom is -0.507 e. The number of halogens is 1. The van der Waals surface area contributed by atoms with E-state index in [2.05, 4.69) is 35.9 Å². The van der Waals surface area contributed by atoms with Crippen LogP contribution in [-0.4, -0.2) is 25.0 Å². The molecular weight excluding hydrogens is 316 g/mol. The lowest BCUT2D eigenvalue weighted by Gasteiger charge is -1.99. The van der Waals surface area contributed by atoms with E-state index in [0.717, 1.165) is 0 Å². The van der Waals surface area contributed by atoms with Crippen LogP contribution >= 0.6 is 15.9 Å². The molecule has 3 rings (SSSR count). The van der Waals surface area contributed by atoms with Crippen molar-refractivity contribution >= 4 is 27.1 Å². The van der Waals surface area contributed by atoms with E-state index in [-0.39, 0.29) is 16.9 Å². The molecule has 0 aliphatic carbocycles. The molecule has 0 aliphatic rings. The lowest BCUT2D eigenvalue weighted by atomic mass is 10.2. The van der Waals surface area contributed by atoms with Gasteiger partial charge < -0.3 is 10.1 Å². The Labute approximate surface area is 113 Å². The number of fused-ring (bicyclic) bond motifs is 1. The maximum Gasteiger partial charge on any atom is 0.327 e. The number of aromatic amines is 3. The Morgan fingerprint density at radius 3 is 2.68 bits per heavy atom. The average molecular weight is 323 g/mol. The number of phenols is 1. The lowest BCUT2D eigenvalue weighted by molar-refractivity contribution is 0.472. The van der Waals surface area contributed by atoms with Gasteiger partial charge in [-0.15, -0.1) is 0 Å². The molecule has 7 nitrogen and oxygen atoms in total. The summed E-state index contributed by atoms with van der Waals surface area (Å²) in [6.07, 6.45) is 0. The van der Waals surface area contributed by atoms with E-state index in [9.17, 15) is 14.7 Å². The van der Waals surface area contributed by atoms with Gasteiger partial charge in [0.05, 0.1) is 4.47 Å². The summed E-state index contributed by atoms with van der Waals surface area (Å²) in [7, 11) is 0. The van der Waals surface area contributed by atoms with Crippen LogP contribution in [0.1, 0.15) is 0 Å². The van der Waals surface area contributed by atoms with Crippen molar-refractivity contribution in [3.05, 3.63) is 43.5 Å². The fraction of sp³-hybridized carbons (Fsp3) is 0. The van der Waals surface area contributed by atoms with Gasteiger partial charge in [-0.3, -0.25) is 14.8 Å². The van der Waals surface area contributed by atoms with Crippen molar-refractivity contribution in [1.29, 1.82) is 0 Å². The van der Waals surface area contributed by atoms with Gasteiger partial charge in [-0.2, -0.15) is 0 Å². The van der Waals surface area contributed by atoms with Crippen LogP contribution in [0.4, 0.5) is 0 Å². The molecule has 2 aromatic heterocycles. The fourth-order valence-electron chi connectivity index (χ4n) is 1.73. The molecular formula is C11H7BrN4O3. The number of imidazole rings is 1. The molecule has 0 saturated heterocycles. The van der Waals surface area contributed by atoms with Gasteiger partial charge in [0.25, 0.3) is 5.56 Å². The van der Waals surface area contributed by atoms with Crippen molar-refractivity contribution in [1.82, 2.24) is 19.9 Å². The summed E-state index contributed by atoms with van der Waals surface area (Å²) in [6.45, 7) is 0. The van der Waals surface area contributed by atoms with Gasteiger partial charge in [-0.05, 0) is 34.1 Å². The van der Waals surface area contributed by atoms with Gasteiger partial charge in [0.1, 0.15) is 17.1 Å². The van der Waals surface area contributed by atoms with Gasteiger partial charge in [-0.25, -0.2) is 9.78 Å². The Hall–Kier alpha value is -2.35. The first-order valence-electron chi connectivity index (χ1n) is 5.26. The van der Waals surface area contributed by atoms with Crippen LogP contribution in [-0.2, 0) is 0 Å². The Morgan fingerprint density at radius 1 is 1.16 bits per heavy atom. The van der Waals surface area contributed by atoms with Crippen LogP contribution in [0.15, 0.2) is 32.3 Å². The molecule has 1 aromatic carbocycles. The van der Waals surface area contributed by atoms with E-state index >= 15 is 0 Å². The summed E-state index contributed by atoms with van der Waals surface area (Å²) < 4.78 is 0.554. The molecule has 0 saturated carbocycles. The second kappa shape index (κ2) is 4.09. The summed E-state index contributed by atoms with van der Waals surface area (Å²) in [5.74, 6) is 0.436. The molecule has 3 aromatic rings. The van der Waals surface area contributed by atoms with Gasteiger partial charge in [0.2, 0.25) is 0 Å². The number of hydrogen-bond donors (Lipinski definition) is 4. The molecule has 0 radical (unpaired) electrons. The number of aromatic hydroxyl groups is 1. The van der Waals surface area contributed by atoms with E-state index in [1.807, 2.05) is 0 Å². The molecule has 0 amide bonds. The number of aromatic nitrogens is 4. The van der Waals surface area contributed by atoms with E-state index in [4.69, 9.17) is 0 Å². The summed E-state index contributed by atoms with van der Waals surface area (Å²) in [4.78, 5) is 34.1. The van der Waals surface area contributed by atoms with Crippen molar-refractivity contribution in [3.63, 3.8) is 0 Å². The molecule has 2 heterocycles. The first kappa shape index (κ1) is 11.7. The highest BCUT2D eigenvalue weighted by Gasteiger charge is 2.10. The number of phenolic OH excluding ortho intramolecular Hbond substituents is 1. The molecule has 0 unspecified atom stereocenters. The van der Waals surface area contributed by atoms with Crippen molar-refractivity contribution in [2.24, 2.45) is 0 Å². The first-order chi connectivity index (χ1) is 9.04. The fourth-order valence-corrected chi connectivity index (χ4v) is 1.98. The zero-order valence-corrected chi connectivity index (χ0v) is 10.9. The molecule has 0 atom stereocenters. The van der Waals surface area contributed by atoms with E-state index < -0.39 is 11.2 Å². The highest BCUT2D eigenvalue weighted by atomic mass is 79.9. The summed E-state index contributed by atoms with van der Waals surface area (Å²) in [6, 6.07) is 4.87. The maximum atomic E-state index is 11.6. The van der Waals surface area contributed by atoms with Crippen LogP contribution < -0.4 is 11.2 Å². The number of H-pyrrole nitrogens is 3. The van der Waals surface area contributed by atoms with Gasteiger partial charge in [-0.1, -0.05) is 0 Å². The second-order valence-corrected chi connectivity index (χ2v) is 4.74. The summed E-state index contributed by atoms with van der Waals surface area (Å²) >= 11 is 3.17. The third-order valence-corrected chi connectivity index (χ3v) is 3.28. The molecule has 0 bridgehead atoms. The Morgan fingerprint density at radius 2 is 1.95 bits per heavy atom. The number of hydrogen-bond acceptors (Lipinski definition) is 4. The topological polar surface area (TPSA) is 115 Å². The molecule has 4 N–H and O–H groups in total. The third kappa shape index (κ3) is 1.95. The predicted molar refractivity (Wildman–Crippen MR) is 72.1 cm³/mol. The smallest absolute Gasteiger partial charge is 0.327 e. The Bertz CT molecular complexity index is 893. The zero-order valence-electron chi connectivity index (χ0n) is 9.32. The van der Waals surface area contributed by atoms with Crippen LogP contribution in [0, 0.1) is 0 Å². The van der Waals surface area contributed by atoms with Crippen molar-refractivity contribution in [3.8, 4) is 17.1 Å². The Balaban J connectivity index is 2.26. The molecule has 0 aliphatic heterocycles. The van der Waals surface area contributed by atoms with Crippen LogP contribution in [0.2, 0.25) is 0 Å². The minimum atomic E-state index is -0.616. The van der Waals surface area contributed by atoms with E-state index in [0.29, 0.717) is 15.9 Å². The lowest BCUT2D eigenvalue weighted by Crippen LogP contribution is -2.21. The zero-order chi connectivity index (χ0) is 13.6. The SMILES string of the molecule is O=c1[nH]c(=O)c2[nH]c(-c3ccc(Br)c(O)c3)nc2[nH]1. The Kier molecular flexibility index (Phi) is 2.53. The number of nitrogens with zero attached hydrogens (tertiary/aromatic N) is 1. The highest BCUT2D eigenvalue weighted by Crippen LogP contribution is 2.28. The van der Waals surface area contributed by atoms with Crippen LogP contribution in [0.5, 0.6) is 5.75 Å². The number of nitrogens with one attached hydrogen (secondary N) is 3. The van der Waals surface area contributed by atoms with E-state index in [1.54, 1.807) is 12.1 Å². The van der Waals surface area contributed by atoms with Crippen molar-refractivity contribution in [2.75, 3.05) is 0 Å². The minimum absolute atomic E-state index is 0.0559. The average Bonchev–Trinajstić information content (AvgIpc) is 2.76. The molecule has 19 heavy (non-hydrogen) atoms.